The van der Waals surface area contributed by atoms with Gasteiger partial charge in [0.25, 0.3) is 17.7 Å². The van der Waals surface area contributed by atoms with Crippen LogP contribution in [0.2, 0.25) is 5.02 Å². The number of nitrogens with one attached hydrogen (secondary N) is 2. The fourth-order valence-corrected chi connectivity index (χ4v) is 9.00. The van der Waals surface area contributed by atoms with E-state index in [0.29, 0.717) is 23.1 Å². The SMILES string of the molecule is CC(C)(O/N=C(\C(=O)N[C@@H]1C(=O)N2C(C(=O)O)=C(C[N+]34CCC(CC3)[C@H](NC(=O)c3ccc(O)c(O)c3Cl)C4)CS[C@H]12)c1csc(N)n1)C(=O)O. The largest absolute Gasteiger partial charge is 0.504 e. The number of piperidine rings is 3. The first-order valence-electron chi connectivity index (χ1n) is 15.8. The Morgan fingerprint density at radius 2 is 1.88 bits per heavy atom. The molecule has 2 aromatic rings. The summed E-state index contributed by atoms with van der Waals surface area (Å²) in [7, 11) is 0. The summed E-state index contributed by atoms with van der Waals surface area (Å²) >= 11 is 8.44. The second-order valence-electron chi connectivity index (χ2n) is 13.4. The summed E-state index contributed by atoms with van der Waals surface area (Å²) in [5.74, 6) is -5.23. The number of carboxylic acids is 2. The standard InChI is InChI=1S/C31H34ClN7O10S2/c1-31(2,29(47)48)49-37-20(17-12-51-30(33)35-17)25(43)36-21-26(44)38-22(28(45)46)14(11-50-27(21)38)9-39-7-5-13(6-8-39)16(10-39)34-24(42)15-3-4-18(40)23(41)19(15)32/h3-4,12-13,16,21,27H,5-11H2,1-2H3,(H7-,33,34,35,36,37,40,41,42,43,45,46,47,48)/p+1/t13?,16-,21-,27-,39?/m1/s1. The predicted molar refractivity (Wildman–Crippen MR) is 184 cm³/mol. The zero-order valence-corrected chi connectivity index (χ0v) is 29.7. The Labute approximate surface area is 303 Å². The van der Waals surface area contributed by atoms with E-state index in [0.717, 1.165) is 37.3 Å². The molecule has 51 heavy (non-hydrogen) atoms. The van der Waals surface area contributed by atoms with Gasteiger partial charge in [-0.15, -0.1) is 23.1 Å². The van der Waals surface area contributed by atoms with Gasteiger partial charge in [0.05, 0.1) is 36.3 Å². The van der Waals surface area contributed by atoms with Crippen LogP contribution in [-0.2, 0) is 24.0 Å². The Kier molecular flexibility index (Phi) is 9.59. The molecule has 0 radical (unpaired) electrons. The Bertz CT molecular complexity index is 1890. The Balaban J connectivity index is 1.17. The lowest BCUT2D eigenvalue weighted by Crippen LogP contribution is -2.72. The number of hydrogen-bond acceptors (Lipinski definition) is 13. The topological polar surface area (TPSA) is 254 Å². The number of nitrogens with zero attached hydrogens (tertiary/aromatic N) is 4. The molecule has 20 heteroatoms. The molecule has 5 aliphatic rings. The van der Waals surface area contributed by atoms with Crippen LogP contribution in [0.3, 0.4) is 0 Å². The predicted octanol–water partition coefficient (Wildman–Crippen LogP) is 1.15. The molecule has 1 aromatic heterocycles. The molecule has 4 fully saturated rings. The molecule has 3 atom stereocenters. The third-order valence-electron chi connectivity index (χ3n) is 9.68. The number of hydrogen-bond donors (Lipinski definition) is 7. The monoisotopic (exact) mass is 764 g/mol. The van der Waals surface area contributed by atoms with Crippen LogP contribution < -0.4 is 16.4 Å². The molecular formula is C31H35ClN7O10S2+. The molecule has 3 amide bonds. The number of thiazole rings is 1. The van der Waals surface area contributed by atoms with Crippen LogP contribution in [0, 0.1) is 5.92 Å². The number of benzene rings is 1. The van der Waals surface area contributed by atoms with E-state index < -0.39 is 63.9 Å². The number of rotatable bonds is 11. The van der Waals surface area contributed by atoms with Crippen molar-refractivity contribution in [1.29, 1.82) is 0 Å². The van der Waals surface area contributed by atoms with Crippen molar-refractivity contribution in [2.75, 3.05) is 37.7 Å². The molecule has 272 valence electrons. The normalized spacial score (nSPS) is 25.9. The molecule has 1 aromatic carbocycles. The fourth-order valence-electron chi connectivity index (χ4n) is 6.87. The molecule has 6 heterocycles. The second kappa shape index (κ2) is 13.5. The number of halogens is 1. The lowest BCUT2D eigenvalue weighted by Gasteiger charge is -2.54. The molecule has 2 bridgehead atoms. The van der Waals surface area contributed by atoms with Gasteiger partial charge in [-0.2, -0.15) is 0 Å². The molecule has 17 nitrogen and oxygen atoms in total. The molecule has 7 rings (SSSR count). The summed E-state index contributed by atoms with van der Waals surface area (Å²) in [5, 5.41) is 49.3. The van der Waals surface area contributed by atoms with Crippen LogP contribution in [0.15, 0.2) is 33.9 Å². The van der Waals surface area contributed by atoms with Gasteiger partial charge < -0.3 is 46.1 Å². The van der Waals surface area contributed by atoms with Gasteiger partial charge in [-0.3, -0.25) is 19.3 Å². The first kappa shape index (κ1) is 36.2. The van der Waals surface area contributed by atoms with Gasteiger partial charge in [-0.25, -0.2) is 14.6 Å². The van der Waals surface area contributed by atoms with Crippen molar-refractivity contribution in [2.24, 2.45) is 11.1 Å². The zero-order valence-electron chi connectivity index (χ0n) is 27.3. The van der Waals surface area contributed by atoms with Crippen molar-refractivity contribution in [3.05, 3.63) is 45.1 Å². The number of amides is 3. The quantitative estimate of drug-likeness (QED) is 0.0558. The van der Waals surface area contributed by atoms with Crippen molar-refractivity contribution in [3.63, 3.8) is 0 Å². The molecule has 0 aliphatic carbocycles. The highest BCUT2D eigenvalue weighted by Gasteiger charge is 2.56. The smallest absolute Gasteiger partial charge is 0.352 e. The van der Waals surface area contributed by atoms with Crippen LogP contribution in [0.25, 0.3) is 0 Å². The van der Waals surface area contributed by atoms with E-state index >= 15 is 0 Å². The summed E-state index contributed by atoms with van der Waals surface area (Å²) in [5.41, 5.74) is 3.96. The van der Waals surface area contributed by atoms with Crippen molar-refractivity contribution in [2.45, 2.75) is 49.7 Å². The highest BCUT2D eigenvalue weighted by molar-refractivity contribution is 8.00. The van der Waals surface area contributed by atoms with Crippen LogP contribution in [0.5, 0.6) is 11.5 Å². The van der Waals surface area contributed by atoms with Gasteiger partial charge >= 0.3 is 11.9 Å². The van der Waals surface area contributed by atoms with Crippen LogP contribution >= 0.6 is 34.7 Å². The maximum absolute atomic E-state index is 13.5. The average Bonchev–Trinajstić information content (AvgIpc) is 3.51. The highest BCUT2D eigenvalue weighted by atomic mass is 35.5. The number of quaternary nitrogens is 1. The number of anilines is 1. The number of phenolic OH excluding ortho intramolecular Hbond substituents is 2. The number of aromatic hydroxyl groups is 2. The molecule has 5 aliphatic heterocycles. The Morgan fingerprint density at radius 1 is 1.18 bits per heavy atom. The zero-order chi connectivity index (χ0) is 37.0. The van der Waals surface area contributed by atoms with E-state index in [2.05, 4.69) is 20.8 Å². The maximum Gasteiger partial charge on any atom is 0.352 e. The lowest BCUT2D eigenvalue weighted by atomic mass is 9.81. The van der Waals surface area contributed by atoms with Gasteiger partial charge in [0, 0.05) is 29.5 Å². The Hall–Kier alpha value is -4.59. The number of carboxylic acid groups (broad SMARTS) is 2. The van der Waals surface area contributed by atoms with E-state index in [1.54, 1.807) is 0 Å². The number of nitrogen functional groups attached to an aromatic ring is 1. The van der Waals surface area contributed by atoms with Gasteiger partial charge in [-0.05, 0) is 31.9 Å². The number of aliphatic carboxylic acids is 2. The van der Waals surface area contributed by atoms with Crippen molar-refractivity contribution < 1.29 is 53.7 Å². The van der Waals surface area contributed by atoms with Crippen LogP contribution in [0.4, 0.5) is 5.13 Å². The average molecular weight is 765 g/mol. The minimum Gasteiger partial charge on any atom is -0.504 e. The molecule has 0 saturated carbocycles. The van der Waals surface area contributed by atoms with Gasteiger partial charge in [0.2, 0.25) is 5.60 Å². The third kappa shape index (κ3) is 6.77. The summed E-state index contributed by atoms with van der Waals surface area (Å²) in [4.78, 5) is 74.7. The van der Waals surface area contributed by atoms with Crippen molar-refractivity contribution in [3.8, 4) is 11.5 Å². The van der Waals surface area contributed by atoms with Crippen molar-refractivity contribution >= 4 is 75.2 Å². The number of nitrogens with two attached hydrogens (primary N) is 1. The first-order valence-corrected chi connectivity index (χ1v) is 18.1. The summed E-state index contributed by atoms with van der Waals surface area (Å²) < 4.78 is 0.499. The molecule has 4 saturated heterocycles. The number of oxime groups is 1. The van der Waals surface area contributed by atoms with E-state index in [1.807, 2.05) is 0 Å². The van der Waals surface area contributed by atoms with E-state index in [4.69, 9.17) is 22.2 Å². The van der Waals surface area contributed by atoms with Crippen LogP contribution in [0.1, 0.15) is 42.7 Å². The number of thioether (sulfide) groups is 1. The minimum absolute atomic E-state index is 0.00236. The minimum atomic E-state index is -1.79. The molecular weight excluding hydrogens is 730 g/mol. The number of phenols is 2. The summed E-state index contributed by atoms with van der Waals surface area (Å²) in [6.07, 6.45) is 1.56. The molecule has 0 spiro atoms. The van der Waals surface area contributed by atoms with Crippen LogP contribution in [-0.4, -0.2) is 125 Å². The summed E-state index contributed by atoms with van der Waals surface area (Å²) in [6, 6.07) is 1.14. The number of fused-ring (bicyclic) bond motifs is 4. The van der Waals surface area contributed by atoms with E-state index in [1.165, 1.54) is 48.0 Å². The fraction of sp³-hybridized carbons (Fsp3) is 0.452. The van der Waals surface area contributed by atoms with Gasteiger partial charge in [0.1, 0.15) is 29.4 Å². The second-order valence-corrected chi connectivity index (χ2v) is 15.8. The third-order valence-corrected chi connectivity index (χ3v) is 12.1. The van der Waals surface area contributed by atoms with Gasteiger partial charge in [0.15, 0.2) is 22.3 Å². The van der Waals surface area contributed by atoms with Crippen molar-refractivity contribution in [1.82, 2.24) is 20.5 Å². The van der Waals surface area contributed by atoms with E-state index in [9.17, 15) is 44.4 Å². The summed E-state index contributed by atoms with van der Waals surface area (Å²) in [6.45, 7) is 4.82. The number of carbonyl (C=O) groups is 5. The number of β-lactam (4-membered cyclic amide) rings is 1. The van der Waals surface area contributed by atoms with Gasteiger partial charge in [-0.1, -0.05) is 16.8 Å². The number of aromatic nitrogens is 1. The van der Waals surface area contributed by atoms with E-state index in [-0.39, 0.29) is 44.8 Å². The number of carbonyl (C=O) groups excluding carboxylic acids is 3. The highest BCUT2D eigenvalue weighted by Crippen LogP contribution is 2.43. The molecule has 8 N–H and O–H groups in total. The Morgan fingerprint density at radius 3 is 2.51 bits per heavy atom. The lowest BCUT2D eigenvalue weighted by molar-refractivity contribution is -0.939. The first-order chi connectivity index (χ1) is 24.0. The maximum atomic E-state index is 13.5. The molecule has 0 unspecified atom stereocenters.